The number of halogens is 1. The molecule has 2 atom stereocenters. The Balaban J connectivity index is 1.98. The van der Waals surface area contributed by atoms with Crippen LogP contribution in [0.5, 0.6) is 0 Å². The SMILES string of the molecule is O=[N+]([O-])c1ccc(Cl)nc1N1CCC[C@H]2CCCC[C@H]21. The second-order valence-electron chi connectivity index (χ2n) is 5.68. The molecule has 1 aliphatic heterocycles. The van der Waals surface area contributed by atoms with Crippen molar-refractivity contribution in [2.45, 2.75) is 44.6 Å². The molecule has 0 aromatic carbocycles. The van der Waals surface area contributed by atoms with Gasteiger partial charge in [0.1, 0.15) is 5.15 Å². The third kappa shape index (κ3) is 2.46. The molecule has 108 valence electrons. The van der Waals surface area contributed by atoms with E-state index in [-0.39, 0.29) is 10.6 Å². The van der Waals surface area contributed by atoms with Gasteiger partial charge in [0.2, 0.25) is 5.82 Å². The van der Waals surface area contributed by atoms with Crippen LogP contribution < -0.4 is 4.90 Å². The van der Waals surface area contributed by atoms with Crippen molar-refractivity contribution in [3.63, 3.8) is 0 Å². The molecule has 1 saturated carbocycles. The van der Waals surface area contributed by atoms with Gasteiger partial charge in [-0.25, -0.2) is 4.98 Å². The maximum atomic E-state index is 11.2. The number of hydrogen-bond donors (Lipinski definition) is 0. The molecule has 0 spiro atoms. The highest BCUT2D eigenvalue weighted by Gasteiger charge is 2.36. The number of pyridine rings is 1. The molecule has 0 radical (unpaired) electrons. The van der Waals surface area contributed by atoms with Gasteiger partial charge in [0, 0.05) is 18.7 Å². The molecule has 1 aromatic rings. The number of anilines is 1. The molecule has 0 N–H and O–H groups in total. The molecule has 1 saturated heterocycles. The van der Waals surface area contributed by atoms with E-state index in [9.17, 15) is 10.1 Å². The third-order valence-electron chi connectivity index (χ3n) is 4.53. The Morgan fingerprint density at radius 2 is 2.00 bits per heavy atom. The van der Waals surface area contributed by atoms with Crippen molar-refractivity contribution in [3.05, 3.63) is 27.4 Å². The lowest BCUT2D eigenvalue weighted by Gasteiger charge is -2.44. The molecule has 20 heavy (non-hydrogen) atoms. The molecule has 0 amide bonds. The summed E-state index contributed by atoms with van der Waals surface area (Å²) in [6.07, 6.45) is 7.12. The Morgan fingerprint density at radius 1 is 1.25 bits per heavy atom. The Bertz CT molecular complexity index is 521. The van der Waals surface area contributed by atoms with Crippen LogP contribution in [0.3, 0.4) is 0 Å². The third-order valence-corrected chi connectivity index (χ3v) is 4.74. The average Bonchev–Trinajstić information content (AvgIpc) is 2.46. The zero-order valence-corrected chi connectivity index (χ0v) is 12.1. The van der Waals surface area contributed by atoms with E-state index in [4.69, 9.17) is 11.6 Å². The fraction of sp³-hybridized carbons (Fsp3) is 0.643. The average molecular weight is 296 g/mol. The molecule has 2 heterocycles. The van der Waals surface area contributed by atoms with Gasteiger partial charge < -0.3 is 4.90 Å². The van der Waals surface area contributed by atoms with Gasteiger partial charge in [-0.3, -0.25) is 10.1 Å². The van der Waals surface area contributed by atoms with E-state index in [1.165, 1.54) is 37.8 Å². The Labute approximate surface area is 123 Å². The van der Waals surface area contributed by atoms with E-state index in [1.807, 2.05) is 0 Å². The first-order valence-corrected chi connectivity index (χ1v) is 7.62. The van der Waals surface area contributed by atoms with E-state index in [0.717, 1.165) is 19.4 Å². The van der Waals surface area contributed by atoms with Crippen LogP contribution in [0.15, 0.2) is 12.1 Å². The minimum atomic E-state index is -0.356. The Morgan fingerprint density at radius 3 is 2.80 bits per heavy atom. The fourth-order valence-electron chi connectivity index (χ4n) is 3.66. The summed E-state index contributed by atoms with van der Waals surface area (Å²) in [5, 5.41) is 11.6. The van der Waals surface area contributed by atoms with Crippen molar-refractivity contribution in [1.29, 1.82) is 0 Å². The largest absolute Gasteiger partial charge is 0.348 e. The molecule has 0 unspecified atom stereocenters. The van der Waals surface area contributed by atoms with Gasteiger partial charge in [-0.1, -0.05) is 24.4 Å². The highest BCUT2D eigenvalue weighted by molar-refractivity contribution is 6.29. The highest BCUT2D eigenvalue weighted by atomic mass is 35.5. The maximum absolute atomic E-state index is 11.2. The standard InChI is InChI=1S/C14H18ClN3O2/c15-13-8-7-12(18(19)20)14(16-13)17-9-3-5-10-4-1-2-6-11(10)17/h7-8,10-11H,1-6,9H2/t10-,11-/m1/s1. The monoisotopic (exact) mass is 295 g/mol. The van der Waals surface area contributed by atoms with Crippen LogP contribution in [0.2, 0.25) is 5.15 Å². The quantitative estimate of drug-likeness (QED) is 0.473. The van der Waals surface area contributed by atoms with Crippen LogP contribution >= 0.6 is 11.6 Å². The van der Waals surface area contributed by atoms with Gasteiger partial charge >= 0.3 is 5.69 Å². The smallest absolute Gasteiger partial charge is 0.311 e. The number of piperidine rings is 1. The lowest BCUT2D eigenvalue weighted by atomic mass is 9.78. The first-order valence-electron chi connectivity index (χ1n) is 7.24. The minimum absolute atomic E-state index is 0.0700. The van der Waals surface area contributed by atoms with Crippen LogP contribution in [-0.4, -0.2) is 22.5 Å². The molecular weight excluding hydrogens is 278 g/mol. The molecule has 1 aliphatic carbocycles. The summed E-state index contributed by atoms with van der Waals surface area (Å²) in [5.41, 5.74) is 0.0700. The van der Waals surface area contributed by atoms with Crippen LogP contribution in [0.4, 0.5) is 11.5 Å². The lowest BCUT2D eigenvalue weighted by molar-refractivity contribution is -0.384. The molecule has 2 aliphatic rings. The number of aromatic nitrogens is 1. The van der Waals surface area contributed by atoms with E-state index in [0.29, 0.717) is 22.9 Å². The molecule has 5 nitrogen and oxygen atoms in total. The van der Waals surface area contributed by atoms with E-state index in [1.54, 1.807) is 0 Å². The summed E-state index contributed by atoms with van der Waals surface area (Å²) in [4.78, 5) is 17.3. The Kier molecular flexibility index (Phi) is 3.78. The van der Waals surface area contributed by atoms with Crippen LogP contribution in [0.25, 0.3) is 0 Å². The lowest BCUT2D eigenvalue weighted by Crippen LogP contribution is -2.47. The number of nitrogens with zero attached hydrogens (tertiary/aromatic N) is 3. The molecule has 0 bridgehead atoms. The highest BCUT2D eigenvalue weighted by Crippen LogP contribution is 2.40. The van der Waals surface area contributed by atoms with Gasteiger partial charge in [-0.2, -0.15) is 0 Å². The van der Waals surface area contributed by atoms with Crippen molar-refractivity contribution in [1.82, 2.24) is 4.98 Å². The Hall–Kier alpha value is -1.36. The van der Waals surface area contributed by atoms with Crippen molar-refractivity contribution in [3.8, 4) is 0 Å². The number of hydrogen-bond acceptors (Lipinski definition) is 4. The van der Waals surface area contributed by atoms with Gasteiger partial charge in [0.05, 0.1) is 4.92 Å². The second-order valence-corrected chi connectivity index (χ2v) is 6.07. The number of rotatable bonds is 2. The summed E-state index contributed by atoms with van der Waals surface area (Å²) in [7, 11) is 0. The maximum Gasteiger partial charge on any atom is 0.311 e. The molecule has 3 rings (SSSR count). The number of fused-ring (bicyclic) bond motifs is 1. The van der Waals surface area contributed by atoms with Gasteiger partial charge in [-0.05, 0) is 37.7 Å². The van der Waals surface area contributed by atoms with Crippen molar-refractivity contribution >= 4 is 23.1 Å². The van der Waals surface area contributed by atoms with Crippen LogP contribution in [-0.2, 0) is 0 Å². The normalized spacial score (nSPS) is 26.1. The summed E-state index contributed by atoms with van der Waals surface area (Å²) in [6, 6.07) is 3.35. The van der Waals surface area contributed by atoms with Gasteiger partial charge in [-0.15, -0.1) is 0 Å². The fourth-order valence-corrected chi connectivity index (χ4v) is 3.80. The second kappa shape index (κ2) is 5.56. The van der Waals surface area contributed by atoms with Crippen molar-refractivity contribution in [2.24, 2.45) is 5.92 Å². The molecule has 1 aromatic heterocycles. The first kappa shape index (κ1) is 13.6. The van der Waals surface area contributed by atoms with Gasteiger partial charge in [0.25, 0.3) is 0 Å². The molecule has 6 heteroatoms. The van der Waals surface area contributed by atoms with E-state index < -0.39 is 0 Å². The predicted octanol–water partition coefficient (Wildman–Crippen LogP) is 3.80. The van der Waals surface area contributed by atoms with Crippen LogP contribution in [0, 0.1) is 16.0 Å². The molecule has 2 fully saturated rings. The van der Waals surface area contributed by atoms with Crippen LogP contribution in [0.1, 0.15) is 38.5 Å². The summed E-state index contributed by atoms with van der Waals surface area (Å²) < 4.78 is 0. The van der Waals surface area contributed by atoms with E-state index in [2.05, 4.69) is 9.88 Å². The van der Waals surface area contributed by atoms with Crippen molar-refractivity contribution in [2.75, 3.05) is 11.4 Å². The first-order chi connectivity index (χ1) is 9.66. The summed E-state index contributed by atoms with van der Waals surface area (Å²) >= 11 is 5.96. The van der Waals surface area contributed by atoms with Crippen molar-refractivity contribution < 1.29 is 4.92 Å². The van der Waals surface area contributed by atoms with Gasteiger partial charge in [0.15, 0.2) is 0 Å². The topological polar surface area (TPSA) is 59.3 Å². The predicted molar refractivity (Wildman–Crippen MR) is 78.2 cm³/mol. The van der Waals surface area contributed by atoms with E-state index >= 15 is 0 Å². The minimum Gasteiger partial charge on any atom is -0.348 e. The summed E-state index contributed by atoms with van der Waals surface area (Å²) in [6.45, 7) is 0.843. The zero-order valence-electron chi connectivity index (χ0n) is 11.3. The zero-order chi connectivity index (χ0) is 14.1. The molecular formula is C14H18ClN3O2. The summed E-state index contributed by atoms with van der Waals surface area (Å²) in [5.74, 6) is 1.11. The number of nitro groups is 1.